The Hall–Kier alpha value is -3.33. The van der Waals surface area contributed by atoms with E-state index in [-0.39, 0.29) is 25.3 Å². The largest absolute Gasteiger partial charge is 0.497 e. The van der Waals surface area contributed by atoms with Crippen molar-refractivity contribution in [1.29, 1.82) is 0 Å². The predicted octanol–water partition coefficient (Wildman–Crippen LogP) is 3.82. The third kappa shape index (κ3) is 4.94. The second-order valence-corrected chi connectivity index (χ2v) is 6.87. The third-order valence-corrected chi connectivity index (χ3v) is 5.02. The number of aliphatic carboxylic acids is 1. The maximum Gasteiger partial charge on any atom is 0.303 e. The van der Waals surface area contributed by atoms with Crippen LogP contribution < -0.4 is 14.4 Å². The van der Waals surface area contributed by atoms with Crippen LogP contribution in [0.25, 0.3) is 11.3 Å². The Kier molecular flexibility index (Phi) is 6.50. The first kappa shape index (κ1) is 20.4. The Labute approximate surface area is 171 Å². The molecule has 0 saturated heterocycles. The minimum Gasteiger partial charge on any atom is -0.497 e. The molecular weight excluding hydrogens is 396 g/mol. The molecule has 152 valence electrons. The number of benzene rings is 1. The number of ether oxygens (including phenoxy) is 2. The fourth-order valence-electron chi connectivity index (χ4n) is 2.70. The van der Waals surface area contributed by atoms with Crippen molar-refractivity contribution in [3.8, 4) is 22.8 Å². The number of hydrogen-bond donors (Lipinski definition) is 1. The minimum absolute atomic E-state index is 0.132. The summed E-state index contributed by atoms with van der Waals surface area (Å²) >= 11 is 1.28. The summed E-state index contributed by atoms with van der Waals surface area (Å²) in [7, 11) is 3.14. The van der Waals surface area contributed by atoms with Gasteiger partial charge in [-0.1, -0.05) is 0 Å². The van der Waals surface area contributed by atoms with Crippen LogP contribution in [0, 0.1) is 0 Å². The first-order valence-electron chi connectivity index (χ1n) is 8.74. The molecule has 0 atom stereocenters. The minimum atomic E-state index is -1.03. The Morgan fingerprint density at radius 1 is 1.21 bits per heavy atom. The van der Waals surface area contributed by atoms with E-state index in [0.717, 1.165) is 5.56 Å². The summed E-state index contributed by atoms with van der Waals surface area (Å²) in [5.41, 5.74) is 1.35. The molecule has 0 spiro atoms. The molecule has 0 radical (unpaired) electrons. The molecule has 3 rings (SSSR count). The highest BCUT2D eigenvalue weighted by molar-refractivity contribution is 7.14. The molecule has 9 heteroatoms. The highest BCUT2D eigenvalue weighted by Gasteiger charge is 2.22. The number of methoxy groups -OCH3 is 2. The number of carbonyl (C=O) groups excluding carboxylic acids is 1. The quantitative estimate of drug-likeness (QED) is 0.566. The highest BCUT2D eigenvalue weighted by atomic mass is 32.1. The van der Waals surface area contributed by atoms with Crippen molar-refractivity contribution in [2.75, 3.05) is 19.1 Å². The van der Waals surface area contributed by atoms with Crippen LogP contribution in [-0.2, 0) is 16.1 Å². The zero-order valence-electron chi connectivity index (χ0n) is 16.0. The molecule has 29 heavy (non-hydrogen) atoms. The molecule has 8 nitrogen and oxygen atoms in total. The van der Waals surface area contributed by atoms with Gasteiger partial charge in [0.15, 0.2) is 5.13 Å². The van der Waals surface area contributed by atoms with Crippen molar-refractivity contribution < 1.29 is 28.6 Å². The number of carboxylic acids is 1. The molecular formula is C20H20N2O6S. The van der Waals surface area contributed by atoms with Gasteiger partial charge in [0, 0.05) is 17.4 Å². The van der Waals surface area contributed by atoms with E-state index in [0.29, 0.717) is 28.1 Å². The topological polar surface area (TPSA) is 102 Å². The van der Waals surface area contributed by atoms with E-state index < -0.39 is 5.97 Å². The number of rotatable bonds is 9. The summed E-state index contributed by atoms with van der Waals surface area (Å²) in [5.74, 6) is 0.474. The Balaban J connectivity index is 1.92. The Morgan fingerprint density at radius 2 is 2.03 bits per heavy atom. The lowest BCUT2D eigenvalue weighted by Crippen LogP contribution is -2.30. The highest BCUT2D eigenvalue weighted by Crippen LogP contribution is 2.36. The molecule has 0 aliphatic heterocycles. The predicted molar refractivity (Wildman–Crippen MR) is 107 cm³/mol. The second kappa shape index (κ2) is 9.24. The van der Waals surface area contributed by atoms with Crippen LogP contribution in [0.3, 0.4) is 0 Å². The molecule has 2 aromatic heterocycles. The van der Waals surface area contributed by atoms with Gasteiger partial charge in [-0.2, -0.15) is 0 Å². The summed E-state index contributed by atoms with van der Waals surface area (Å²) in [6, 6.07) is 8.85. The van der Waals surface area contributed by atoms with Crippen molar-refractivity contribution in [1.82, 2.24) is 4.98 Å². The molecule has 2 heterocycles. The molecule has 0 aliphatic carbocycles. The summed E-state index contributed by atoms with van der Waals surface area (Å²) < 4.78 is 16.0. The molecule has 3 aromatic rings. The van der Waals surface area contributed by atoms with Crippen molar-refractivity contribution in [2.45, 2.75) is 19.4 Å². The number of amides is 1. The molecule has 0 bridgehead atoms. The van der Waals surface area contributed by atoms with Crippen LogP contribution in [0.2, 0.25) is 0 Å². The van der Waals surface area contributed by atoms with E-state index in [1.165, 1.54) is 22.5 Å². The van der Waals surface area contributed by atoms with Crippen LogP contribution in [0.4, 0.5) is 5.13 Å². The molecule has 0 fully saturated rings. The number of thiazole rings is 1. The Morgan fingerprint density at radius 3 is 2.69 bits per heavy atom. The number of furan rings is 1. The summed E-state index contributed by atoms with van der Waals surface area (Å²) in [5, 5.41) is 11.2. The number of carboxylic acid groups (broad SMARTS) is 1. The van der Waals surface area contributed by atoms with E-state index in [1.54, 1.807) is 44.6 Å². The number of carbonyl (C=O) groups is 2. The average molecular weight is 416 g/mol. The fourth-order valence-corrected chi connectivity index (χ4v) is 3.54. The first-order chi connectivity index (χ1) is 14.0. The molecule has 1 aromatic carbocycles. The zero-order valence-corrected chi connectivity index (χ0v) is 16.8. The van der Waals surface area contributed by atoms with Gasteiger partial charge >= 0.3 is 5.97 Å². The maximum atomic E-state index is 12.7. The number of hydrogen-bond acceptors (Lipinski definition) is 7. The Bertz CT molecular complexity index is 983. The number of nitrogens with zero attached hydrogens (tertiary/aromatic N) is 2. The zero-order chi connectivity index (χ0) is 20.8. The van der Waals surface area contributed by atoms with Gasteiger partial charge in [0.1, 0.15) is 17.3 Å². The smallest absolute Gasteiger partial charge is 0.303 e. The lowest BCUT2D eigenvalue weighted by Gasteiger charge is -2.18. The van der Waals surface area contributed by atoms with Gasteiger partial charge in [0.25, 0.3) is 0 Å². The fraction of sp³-hybridized carbons (Fsp3) is 0.250. The lowest BCUT2D eigenvalue weighted by molar-refractivity contribution is -0.138. The van der Waals surface area contributed by atoms with Crippen molar-refractivity contribution in [3.05, 3.63) is 47.7 Å². The monoisotopic (exact) mass is 416 g/mol. The van der Waals surface area contributed by atoms with Gasteiger partial charge in [-0.15, -0.1) is 11.3 Å². The van der Waals surface area contributed by atoms with Crippen molar-refractivity contribution in [3.63, 3.8) is 0 Å². The van der Waals surface area contributed by atoms with E-state index in [2.05, 4.69) is 4.98 Å². The maximum absolute atomic E-state index is 12.7. The normalized spacial score (nSPS) is 10.6. The van der Waals surface area contributed by atoms with E-state index in [4.69, 9.17) is 19.0 Å². The number of aromatic nitrogens is 1. The lowest BCUT2D eigenvalue weighted by atomic mass is 10.1. The van der Waals surface area contributed by atoms with E-state index in [1.807, 2.05) is 5.38 Å². The van der Waals surface area contributed by atoms with Crippen LogP contribution in [-0.4, -0.2) is 36.2 Å². The van der Waals surface area contributed by atoms with E-state index >= 15 is 0 Å². The van der Waals surface area contributed by atoms with Gasteiger partial charge in [0.05, 0.1) is 39.1 Å². The second-order valence-electron chi connectivity index (χ2n) is 6.03. The van der Waals surface area contributed by atoms with Crippen molar-refractivity contribution in [2.24, 2.45) is 0 Å². The third-order valence-electron chi connectivity index (χ3n) is 4.15. The molecule has 1 N–H and O–H groups in total. The number of anilines is 1. The summed E-state index contributed by atoms with van der Waals surface area (Å²) in [4.78, 5) is 29.6. The van der Waals surface area contributed by atoms with Gasteiger partial charge in [0.2, 0.25) is 5.91 Å². The van der Waals surface area contributed by atoms with Crippen LogP contribution in [0.1, 0.15) is 18.6 Å². The SMILES string of the molecule is COc1ccc(OC)c(-c2csc(N(Cc3ccco3)C(=O)CCC(=O)O)n2)c1. The summed E-state index contributed by atoms with van der Waals surface area (Å²) in [6.45, 7) is 0.160. The van der Waals surface area contributed by atoms with Crippen molar-refractivity contribution >= 4 is 28.3 Å². The van der Waals surface area contributed by atoms with Crippen LogP contribution >= 0.6 is 11.3 Å². The average Bonchev–Trinajstić information content (AvgIpc) is 3.41. The molecule has 0 saturated carbocycles. The van der Waals surface area contributed by atoms with Gasteiger partial charge in [-0.3, -0.25) is 14.5 Å². The first-order valence-corrected chi connectivity index (χ1v) is 9.62. The van der Waals surface area contributed by atoms with Crippen LogP contribution in [0.15, 0.2) is 46.4 Å². The van der Waals surface area contributed by atoms with Crippen LogP contribution in [0.5, 0.6) is 11.5 Å². The molecule has 0 aliphatic rings. The molecule has 0 unspecified atom stereocenters. The standard InChI is InChI=1S/C20H20N2O6S/c1-26-13-5-6-17(27-2)15(10-13)16-12-29-20(21-16)22(11-14-4-3-9-28-14)18(23)7-8-19(24)25/h3-6,9-10,12H,7-8,11H2,1-2H3,(H,24,25). The van der Waals surface area contributed by atoms with Gasteiger partial charge in [-0.05, 0) is 30.3 Å². The van der Waals surface area contributed by atoms with Gasteiger partial charge in [-0.25, -0.2) is 4.98 Å². The summed E-state index contributed by atoms with van der Waals surface area (Å²) in [6.07, 6.45) is 1.13. The molecule has 1 amide bonds. The van der Waals surface area contributed by atoms with Gasteiger partial charge < -0.3 is 19.0 Å². The van der Waals surface area contributed by atoms with E-state index in [9.17, 15) is 9.59 Å².